The topological polar surface area (TPSA) is 90.3 Å². The lowest BCUT2D eigenvalue weighted by atomic mass is 9.75. The number of amides is 2. The van der Waals surface area contributed by atoms with Crippen molar-refractivity contribution in [2.45, 2.75) is 24.1 Å². The Morgan fingerprint density at radius 3 is 1.90 bits per heavy atom. The standard InChI is InChI=1S/C39H35N3O5S/c1-28(30-20-23-36(45-2)40-27-30)41-47-25-24-46-34-21-18-29(19-22-34)26-35-37(43)42(38(44)48-35)39(31-12-6-3-7-13-31,32-14-8-4-9-15-32)33-16-10-5-11-17-33/h3-23,27,35H,24-26H2,1-2H3. The van der Waals surface area contributed by atoms with E-state index in [-0.39, 0.29) is 17.8 Å². The number of hydrogen-bond donors (Lipinski definition) is 0. The smallest absolute Gasteiger partial charge is 0.290 e. The lowest BCUT2D eigenvalue weighted by molar-refractivity contribution is -0.129. The molecular weight excluding hydrogens is 623 g/mol. The van der Waals surface area contributed by atoms with E-state index in [0.29, 0.717) is 30.4 Å². The Balaban J connectivity index is 1.14. The molecule has 1 unspecified atom stereocenters. The van der Waals surface area contributed by atoms with Crippen LogP contribution in [0.3, 0.4) is 0 Å². The predicted octanol–water partition coefficient (Wildman–Crippen LogP) is 7.51. The number of rotatable bonds is 13. The van der Waals surface area contributed by atoms with Crippen molar-refractivity contribution in [1.82, 2.24) is 9.88 Å². The van der Waals surface area contributed by atoms with Gasteiger partial charge in [0.1, 0.15) is 17.9 Å². The lowest BCUT2D eigenvalue weighted by Gasteiger charge is -2.42. The molecule has 6 rings (SSSR count). The van der Waals surface area contributed by atoms with Crippen LogP contribution in [-0.2, 0) is 21.6 Å². The van der Waals surface area contributed by atoms with Gasteiger partial charge in [0.2, 0.25) is 11.8 Å². The molecular formula is C39H35N3O5S. The van der Waals surface area contributed by atoms with E-state index in [4.69, 9.17) is 14.3 Å². The van der Waals surface area contributed by atoms with Crippen LogP contribution in [0.25, 0.3) is 0 Å². The normalized spacial score (nSPS) is 15.0. The molecule has 48 heavy (non-hydrogen) atoms. The van der Waals surface area contributed by atoms with Crippen LogP contribution in [0.5, 0.6) is 11.6 Å². The van der Waals surface area contributed by atoms with E-state index < -0.39 is 10.8 Å². The SMILES string of the molecule is COc1ccc(C(C)=NOCCOc2ccc(CC3SC(=O)N(C(c4ccccc4)(c4ccccc4)c4ccccc4)C3=O)cc2)cn1. The summed E-state index contributed by atoms with van der Waals surface area (Å²) in [7, 11) is 1.57. The Morgan fingerprint density at radius 1 is 0.792 bits per heavy atom. The molecule has 242 valence electrons. The highest BCUT2D eigenvalue weighted by Crippen LogP contribution is 2.47. The molecule has 2 heterocycles. The fraction of sp³-hybridized carbons (Fsp3) is 0.179. The maximum absolute atomic E-state index is 14.4. The van der Waals surface area contributed by atoms with Crippen LogP contribution >= 0.6 is 11.8 Å². The maximum Gasteiger partial charge on any atom is 0.290 e. The van der Waals surface area contributed by atoms with Gasteiger partial charge in [-0.25, -0.2) is 4.98 Å². The van der Waals surface area contributed by atoms with Gasteiger partial charge in [0.15, 0.2) is 6.61 Å². The Morgan fingerprint density at radius 2 is 1.38 bits per heavy atom. The van der Waals surface area contributed by atoms with Gasteiger partial charge in [0.25, 0.3) is 5.24 Å². The van der Waals surface area contributed by atoms with Crippen molar-refractivity contribution >= 4 is 28.6 Å². The molecule has 1 aliphatic rings. The van der Waals surface area contributed by atoms with Crippen LogP contribution in [0, 0.1) is 0 Å². The van der Waals surface area contributed by atoms with Crippen LogP contribution in [0.1, 0.15) is 34.7 Å². The molecule has 9 heteroatoms. The predicted molar refractivity (Wildman–Crippen MR) is 187 cm³/mol. The second-order valence-corrected chi connectivity index (χ2v) is 12.3. The highest BCUT2D eigenvalue weighted by atomic mass is 32.2. The summed E-state index contributed by atoms with van der Waals surface area (Å²) in [6.45, 7) is 2.41. The number of oxime groups is 1. The van der Waals surface area contributed by atoms with Gasteiger partial charge in [0.05, 0.1) is 18.1 Å². The van der Waals surface area contributed by atoms with E-state index in [1.54, 1.807) is 19.4 Å². The van der Waals surface area contributed by atoms with E-state index in [2.05, 4.69) is 10.1 Å². The van der Waals surface area contributed by atoms with E-state index in [9.17, 15) is 9.59 Å². The number of thioether (sulfide) groups is 1. The Bertz CT molecular complexity index is 1760. The fourth-order valence-electron chi connectivity index (χ4n) is 5.86. The third-order valence-electron chi connectivity index (χ3n) is 8.18. The number of aromatic nitrogens is 1. The molecule has 1 aliphatic heterocycles. The molecule has 0 radical (unpaired) electrons. The molecule has 2 amide bonds. The summed E-state index contributed by atoms with van der Waals surface area (Å²) in [4.78, 5) is 39.4. The monoisotopic (exact) mass is 657 g/mol. The minimum absolute atomic E-state index is 0.222. The van der Waals surface area contributed by atoms with Gasteiger partial charge >= 0.3 is 0 Å². The number of pyridine rings is 1. The van der Waals surface area contributed by atoms with Crippen molar-refractivity contribution in [3.8, 4) is 11.6 Å². The minimum Gasteiger partial charge on any atom is -0.490 e. The van der Waals surface area contributed by atoms with Crippen LogP contribution in [0.15, 0.2) is 139 Å². The number of hydrogen-bond acceptors (Lipinski definition) is 8. The number of carbonyl (C=O) groups is 2. The molecule has 0 N–H and O–H groups in total. The molecule has 1 saturated heterocycles. The first-order valence-corrected chi connectivity index (χ1v) is 16.5. The van der Waals surface area contributed by atoms with Gasteiger partial charge in [-0.2, -0.15) is 0 Å². The van der Waals surface area contributed by atoms with E-state index in [1.165, 1.54) is 4.90 Å². The van der Waals surface area contributed by atoms with Gasteiger partial charge in [-0.05, 0) is 53.8 Å². The molecule has 0 saturated carbocycles. The lowest BCUT2D eigenvalue weighted by Crippen LogP contribution is -2.51. The largest absolute Gasteiger partial charge is 0.490 e. The van der Waals surface area contributed by atoms with Crippen LogP contribution in [-0.4, -0.2) is 52.3 Å². The van der Waals surface area contributed by atoms with Crippen molar-refractivity contribution in [1.29, 1.82) is 0 Å². The zero-order valence-corrected chi connectivity index (χ0v) is 27.5. The zero-order valence-electron chi connectivity index (χ0n) is 26.7. The summed E-state index contributed by atoms with van der Waals surface area (Å²) >= 11 is 1.08. The fourth-order valence-corrected chi connectivity index (χ4v) is 6.92. The summed E-state index contributed by atoms with van der Waals surface area (Å²) in [5, 5.41) is 3.29. The number of nitrogens with zero attached hydrogens (tertiary/aromatic N) is 3. The highest BCUT2D eigenvalue weighted by molar-refractivity contribution is 8.15. The molecule has 8 nitrogen and oxygen atoms in total. The Hall–Kier alpha value is -5.41. The van der Waals surface area contributed by atoms with Gasteiger partial charge < -0.3 is 14.3 Å². The molecule has 1 aromatic heterocycles. The first kappa shape index (κ1) is 32.5. The van der Waals surface area contributed by atoms with Crippen LogP contribution < -0.4 is 9.47 Å². The van der Waals surface area contributed by atoms with Crippen molar-refractivity contribution in [3.05, 3.63) is 161 Å². The first-order valence-electron chi connectivity index (χ1n) is 15.6. The number of carbonyl (C=O) groups excluding carboxylic acids is 2. The van der Waals surface area contributed by atoms with Gasteiger partial charge in [-0.3, -0.25) is 14.5 Å². The maximum atomic E-state index is 14.4. The van der Waals surface area contributed by atoms with Gasteiger partial charge in [-0.1, -0.05) is 120 Å². The average Bonchev–Trinajstić information content (AvgIpc) is 3.42. The summed E-state index contributed by atoms with van der Waals surface area (Å²) in [5.41, 5.74) is 3.85. The quantitative estimate of drug-likeness (QED) is 0.0560. The second-order valence-electron chi connectivity index (χ2n) is 11.2. The van der Waals surface area contributed by atoms with E-state index in [0.717, 1.165) is 39.6 Å². The van der Waals surface area contributed by atoms with Crippen molar-refractivity contribution in [2.24, 2.45) is 5.16 Å². The van der Waals surface area contributed by atoms with Crippen LogP contribution in [0.4, 0.5) is 4.79 Å². The molecule has 1 fully saturated rings. The summed E-state index contributed by atoms with van der Waals surface area (Å²) < 4.78 is 10.9. The third kappa shape index (κ3) is 6.82. The van der Waals surface area contributed by atoms with Crippen molar-refractivity contribution in [3.63, 3.8) is 0 Å². The van der Waals surface area contributed by atoms with Gasteiger partial charge in [0, 0.05) is 17.8 Å². The number of ether oxygens (including phenoxy) is 2. The first-order chi connectivity index (χ1) is 23.5. The minimum atomic E-state index is -1.13. The number of imide groups is 1. The Kier molecular flexibility index (Phi) is 10.2. The zero-order chi connectivity index (χ0) is 33.3. The Labute approximate surface area is 284 Å². The molecule has 4 aromatic carbocycles. The average molecular weight is 658 g/mol. The molecule has 0 aliphatic carbocycles. The second kappa shape index (κ2) is 15.0. The van der Waals surface area contributed by atoms with Crippen molar-refractivity contribution < 1.29 is 23.9 Å². The van der Waals surface area contributed by atoms with Crippen molar-refractivity contribution in [2.75, 3.05) is 20.3 Å². The summed E-state index contributed by atoms with van der Waals surface area (Å²) in [6, 6.07) is 40.5. The summed E-state index contributed by atoms with van der Waals surface area (Å²) in [6.07, 6.45) is 2.08. The third-order valence-corrected chi connectivity index (χ3v) is 9.22. The van der Waals surface area contributed by atoms with Crippen LogP contribution in [0.2, 0.25) is 0 Å². The molecule has 0 bridgehead atoms. The molecule has 1 atom stereocenters. The number of benzene rings is 4. The summed E-state index contributed by atoms with van der Waals surface area (Å²) in [5.74, 6) is 0.981. The highest BCUT2D eigenvalue weighted by Gasteiger charge is 2.53. The number of methoxy groups -OCH3 is 1. The van der Waals surface area contributed by atoms with E-state index in [1.807, 2.05) is 128 Å². The van der Waals surface area contributed by atoms with Gasteiger partial charge in [-0.15, -0.1) is 0 Å². The molecule has 5 aromatic rings. The molecule has 0 spiro atoms. The van der Waals surface area contributed by atoms with E-state index >= 15 is 0 Å².